The van der Waals surface area contributed by atoms with Gasteiger partial charge in [-0.25, -0.2) is 18.4 Å². The quantitative estimate of drug-likeness (QED) is 0.612. The van der Waals surface area contributed by atoms with Crippen LogP contribution in [0.1, 0.15) is 35.2 Å². The first-order chi connectivity index (χ1) is 15.3. The molecule has 166 valence electrons. The van der Waals surface area contributed by atoms with Crippen molar-refractivity contribution in [3.8, 4) is 17.1 Å². The van der Waals surface area contributed by atoms with Crippen molar-refractivity contribution in [1.29, 1.82) is 0 Å². The molecular weight excluding hydrogens is 428 g/mol. The Morgan fingerprint density at radius 1 is 1.03 bits per heavy atom. The Morgan fingerprint density at radius 2 is 1.75 bits per heavy atom. The number of aromatic nitrogens is 2. The van der Waals surface area contributed by atoms with Crippen molar-refractivity contribution in [2.24, 2.45) is 0 Å². The van der Waals surface area contributed by atoms with Crippen LogP contribution in [-0.4, -0.2) is 46.8 Å². The molecule has 1 saturated heterocycles. The summed E-state index contributed by atoms with van der Waals surface area (Å²) in [6.45, 7) is 2.73. The molecule has 0 atom stereocenters. The first kappa shape index (κ1) is 21.9. The van der Waals surface area contributed by atoms with Crippen LogP contribution in [0.25, 0.3) is 11.4 Å². The highest BCUT2D eigenvalue weighted by atomic mass is 32.2. The van der Waals surface area contributed by atoms with Crippen molar-refractivity contribution in [2.45, 2.75) is 31.1 Å². The zero-order valence-corrected chi connectivity index (χ0v) is 18.5. The summed E-state index contributed by atoms with van der Waals surface area (Å²) >= 11 is 0. The van der Waals surface area contributed by atoms with Crippen LogP contribution in [0.2, 0.25) is 0 Å². The Labute approximate surface area is 187 Å². The van der Waals surface area contributed by atoms with E-state index in [1.54, 1.807) is 43.3 Å². The Balaban J connectivity index is 1.53. The molecule has 9 heteroatoms. The molecule has 3 aromatic rings. The van der Waals surface area contributed by atoms with E-state index in [2.05, 4.69) is 15.3 Å². The van der Waals surface area contributed by atoms with Crippen molar-refractivity contribution >= 4 is 21.6 Å². The molecule has 1 aromatic heterocycles. The smallest absolute Gasteiger partial charge is 0.255 e. The minimum atomic E-state index is -3.65. The highest BCUT2D eigenvalue weighted by molar-refractivity contribution is 7.89. The average Bonchev–Trinajstić information content (AvgIpc) is 2.80. The number of rotatable bonds is 5. The van der Waals surface area contributed by atoms with E-state index in [4.69, 9.17) is 0 Å². The highest BCUT2D eigenvalue weighted by Crippen LogP contribution is 2.25. The van der Waals surface area contributed by atoms with Crippen LogP contribution in [0.3, 0.4) is 0 Å². The molecular formula is C23H24N4O4S. The van der Waals surface area contributed by atoms with Gasteiger partial charge in [0.25, 0.3) is 5.91 Å². The topological polar surface area (TPSA) is 112 Å². The summed E-state index contributed by atoms with van der Waals surface area (Å²) < 4.78 is 27.7. The third-order valence-electron chi connectivity index (χ3n) is 5.40. The van der Waals surface area contributed by atoms with Crippen molar-refractivity contribution in [3.63, 3.8) is 0 Å². The maximum absolute atomic E-state index is 13.1. The van der Waals surface area contributed by atoms with Crippen LogP contribution >= 0.6 is 0 Å². The van der Waals surface area contributed by atoms with Crippen LogP contribution in [0.4, 0.5) is 5.69 Å². The Hall–Kier alpha value is -3.30. The minimum absolute atomic E-state index is 0.109. The van der Waals surface area contributed by atoms with Gasteiger partial charge in [0.15, 0.2) is 5.82 Å². The minimum Gasteiger partial charge on any atom is -0.508 e. The molecule has 8 nitrogen and oxygen atoms in total. The van der Waals surface area contributed by atoms with Gasteiger partial charge in [-0.2, -0.15) is 4.31 Å². The number of phenolic OH excluding ortho intramolecular Hbond substituents is 1. The first-order valence-electron chi connectivity index (χ1n) is 10.4. The maximum Gasteiger partial charge on any atom is 0.255 e. The number of carbonyl (C=O) groups is 1. The molecule has 2 heterocycles. The highest BCUT2D eigenvalue weighted by Gasteiger charge is 2.28. The molecule has 1 aliphatic rings. The molecule has 0 radical (unpaired) electrons. The number of piperidine rings is 1. The number of aryl methyl sites for hydroxylation is 1. The summed E-state index contributed by atoms with van der Waals surface area (Å²) in [6.07, 6.45) is 5.64. The summed E-state index contributed by atoms with van der Waals surface area (Å²) in [4.78, 5) is 21.4. The Kier molecular flexibility index (Phi) is 6.20. The Morgan fingerprint density at radius 3 is 2.44 bits per heavy atom. The van der Waals surface area contributed by atoms with Gasteiger partial charge in [-0.3, -0.25) is 4.79 Å². The van der Waals surface area contributed by atoms with E-state index in [9.17, 15) is 18.3 Å². The van der Waals surface area contributed by atoms with Gasteiger partial charge in [0.2, 0.25) is 10.0 Å². The SMILES string of the molecule is Cc1ccc(C(=O)Nc2cnc(-c3cccc(O)c3)nc2)cc1S(=O)(=O)N1CCCCC1. The second kappa shape index (κ2) is 9.05. The van der Waals surface area contributed by atoms with Gasteiger partial charge in [-0.1, -0.05) is 24.6 Å². The molecule has 1 fully saturated rings. The average molecular weight is 453 g/mol. The number of benzene rings is 2. The van der Waals surface area contributed by atoms with Gasteiger partial charge in [0, 0.05) is 24.2 Å². The van der Waals surface area contributed by atoms with Crippen molar-refractivity contribution in [2.75, 3.05) is 18.4 Å². The van der Waals surface area contributed by atoms with E-state index >= 15 is 0 Å². The largest absolute Gasteiger partial charge is 0.508 e. The maximum atomic E-state index is 13.1. The molecule has 0 spiro atoms. The lowest BCUT2D eigenvalue weighted by atomic mass is 10.1. The van der Waals surface area contributed by atoms with Crippen LogP contribution in [0, 0.1) is 6.92 Å². The number of amides is 1. The third kappa shape index (κ3) is 4.63. The predicted molar refractivity (Wildman–Crippen MR) is 121 cm³/mol. The van der Waals surface area contributed by atoms with E-state index in [-0.39, 0.29) is 16.2 Å². The standard InChI is InChI=1S/C23H24N4O4S/c1-16-8-9-18(13-21(16)32(30,31)27-10-3-2-4-11-27)23(29)26-19-14-24-22(25-15-19)17-6-5-7-20(28)12-17/h5-9,12-15,28H,2-4,10-11H2,1H3,(H,26,29). The number of phenols is 1. The molecule has 4 rings (SSSR count). The first-order valence-corrected chi connectivity index (χ1v) is 11.8. The molecule has 2 aromatic carbocycles. The summed E-state index contributed by atoms with van der Waals surface area (Å²) in [5.41, 5.74) is 1.86. The Bertz CT molecular complexity index is 1240. The monoisotopic (exact) mass is 452 g/mol. The fourth-order valence-electron chi connectivity index (χ4n) is 3.65. The number of hydrogen-bond acceptors (Lipinski definition) is 6. The fraction of sp³-hybridized carbons (Fsp3) is 0.261. The van der Waals surface area contributed by atoms with Crippen molar-refractivity contribution in [3.05, 3.63) is 66.0 Å². The molecule has 1 amide bonds. The summed E-state index contributed by atoms with van der Waals surface area (Å²) in [5, 5.41) is 12.3. The number of sulfonamides is 1. The number of hydrogen-bond donors (Lipinski definition) is 2. The molecule has 0 unspecified atom stereocenters. The van der Waals surface area contributed by atoms with Crippen LogP contribution < -0.4 is 5.32 Å². The normalized spacial score (nSPS) is 14.8. The number of nitrogens with one attached hydrogen (secondary N) is 1. The van der Waals surface area contributed by atoms with Gasteiger partial charge < -0.3 is 10.4 Å². The number of carbonyl (C=O) groups excluding carboxylic acids is 1. The summed E-state index contributed by atoms with van der Waals surface area (Å²) in [6, 6.07) is 11.2. The fourth-order valence-corrected chi connectivity index (χ4v) is 5.42. The number of nitrogens with zero attached hydrogens (tertiary/aromatic N) is 3. The number of aromatic hydroxyl groups is 1. The molecule has 0 saturated carbocycles. The zero-order chi connectivity index (χ0) is 22.7. The van der Waals surface area contributed by atoms with E-state index in [0.29, 0.717) is 35.7 Å². The van der Waals surface area contributed by atoms with Crippen LogP contribution in [0.15, 0.2) is 59.8 Å². The molecule has 2 N–H and O–H groups in total. The van der Waals surface area contributed by atoms with Gasteiger partial charge in [0.05, 0.1) is 23.0 Å². The molecule has 0 bridgehead atoms. The lowest BCUT2D eigenvalue weighted by Gasteiger charge is -2.26. The second-order valence-corrected chi connectivity index (χ2v) is 9.65. The zero-order valence-electron chi connectivity index (χ0n) is 17.7. The lowest BCUT2D eigenvalue weighted by molar-refractivity contribution is 0.102. The van der Waals surface area contributed by atoms with Gasteiger partial charge >= 0.3 is 0 Å². The summed E-state index contributed by atoms with van der Waals surface area (Å²) in [5.74, 6) is 0.0658. The van der Waals surface area contributed by atoms with Crippen molar-refractivity contribution in [1.82, 2.24) is 14.3 Å². The third-order valence-corrected chi connectivity index (χ3v) is 7.44. The molecule has 0 aliphatic carbocycles. The van der Waals surface area contributed by atoms with Gasteiger partial charge in [-0.15, -0.1) is 0 Å². The van der Waals surface area contributed by atoms with Gasteiger partial charge in [0.1, 0.15) is 5.75 Å². The summed E-state index contributed by atoms with van der Waals surface area (Å²) in [7, 11) is -3.65. The molecule has 1 aliphatic heterocycles. The van der Waals surface area contributed by atoms with Crippen LogP contribution in [0.5, 0.6) is 5.75 Å². The van der Waals surface area contributed by atoms with Crippen molar-refractivity contribution < 1.29 is 18.3 Å². The number of anilines is 1. The molecule has 32 heavy (non-hydrogen) atoms. The van der Waals surface area contributed by atoms with E-state index < -0.39 is 15.9 Å². The van der Waals surface area contributed by atoms with E-state index in [0.717, 1.165) is 19.3 Å². The van der Waals surface area contributed by atoms with Gasteiger partial charge in [-0.05, 0) is 49.6 Å². The van der Waals surface area contributed by atoms with E-state index in [1.165, 1.54) is 22.8 Å². The lowest BCUT2D eigenvalue weighted by Crippen LogP contribution is -2.36. The second-order valence-electron chi connectivity index (χ2n) is 7.74. The van der Waals surface area contributed by atoms with E-state index in [1.807, 2.05) is 0 Å². The predicted octanol–water partition coefficient (Wildman–Crippen LogP) is 3.58. The van der Waals surface area contributed by atoms with Crippen LogP contribution in [-0.2, 0) is 10.0 Å².